The van der Waals surface area contributed by atoms with E-state index >= 15 is 0 Å². The highest BCUT2D eigenvalue weighted by Crippen LogP contribution is 2.47. The van der Waals surface area contributed by atoms with E-state index in [4.69, 9.17) is 5.41 Å². The summed E-state index contributed by atoms with van der Waals surface area (Å²) in [6.45, 7) is 3.74. The maximum Gasteiger partial charge on any atom is 0.315 e. The third-order valence-corrected chi connectivity index (χ3v) is 9.32. The van der Waals surface area contributed by atoms with E-state index in [1.54, 1.807) is 4.90 Å². The van der Waals surface area contributed by atoms with Crippen LogP contribution in [0.3, 0.4) is 0 Å². The minimum Gasteiger partial charge on any atom is -0.338 e. The lowest BCUT2D eigenvalue weighted by atomic mass is 9.69. The van der Waals surface area contributed by atoms with Crippen molar-refractivity contribution in [1.82, 2.24) is 15.5 Å². The summed E-state index contributed by atoms with van der Waals surface area (Å²) in [6.07, 6.45) is 18.8. The highest BCUT2D eigenvalue weighted by atomic mass is 16.2. The van der Waals surface area contributed by atoms with Gasteiger partial charge in [-0.25, -0.2) is 4.79 Å². The fourth-order valence-electron chi connectivity index (χ4n) is 6.99. The first kappa shape index (κ1) is 28.6. The van der Waals surface area contributed by atoms with E-state index in [0.717, 1.165) is 49.1 Å². The molecule has 1 atom stereocenters. The summed E-state index contributed by atoms with van der Waals surface area (Å²) in [4.78, 5) is 27.8. The minimum absolute atomic E-state index is 0.138. The van der Waals surface area contributed by atoms with Gasteiger partial charge in [0.25, 0.3) is 0 Å². The van der Waals surface area contributed by atoms with E-state index in [9.17, 15) is 9.59 Å². The number of benzene rings is 1. The topological polar surface area (TPSA) is 85.3 Å². The number of nitrogens with one attached hydrogen (secondary N) is 3. The van der Waals surface area contributed by atoms with Crippen LogP contribution in [0.25, 0.3) is 0 Å². The van der Waals surface area contributed by atoms with Gasteiger partial charge in [0.05, 0.1) is 12.0 Å². The highest BCUT2D eigenvalue weighted by molar-refractivity contribution is 6.07. The van der Waals surface area contributed by atoms with Crippen LogP contribution in [0.1, 0.15) is 121 Å². The van der Waals surface area contributed by atoms with Gasteiger partial charge in [-0.05, 0) is 48.6 Å². The maximum absolute atomic E-state index is 14.1. The molecule has 1 unspecified atom stereocenters. The number of unbranched alkanes of at least 4 members (excludes halogenated alkanes) is 1. The summed E-state index contributed by atoms with van der Waals surface area (Å²) in [5.74, 6) is 2.11. The Kier molecular flexibility index (Phi) is 10.7. The van der Waals surface area contributed by atoms with Gasteiger partial charge in [0.15, 0.2) is 0 Å². The number of carbonyl (C=O) groups is 2. The van der Waals surface area contributed by atoms with Crippen LogP contribution in [-0.4, -0.2) is 29.2 Å². The van der Waals surface area contributed by atoms with Crippen LogP contribution in [0.5, 0.6) is 0 Å². The van der Waals surface area contributed by atoms with Gasteiger partial charge in [0.1, 0.15) is 5.84 Å². The predicted octanol–water partition coefficient (Wildman–Crippen LogP) is 7.31. The third-order valence-electron chi connectivity index (χ3n) is 9.32. The first-order valence-electron chi connectivity index (χ1n) is 15.5. The van der Waals surface area contributed by atoms with Crippen molar-refractivity contribution < 1.29 is 9.59 Å². The fraction of sp³-hybridized carbons (Fsp3) is 0.719. The number of nitrogens with zero attached hydrogens (tertiary/aromatic N) is 1. The van der Waals surface area contributed by atoms with Crippen molar-refractivity contribution in [2.75, 3.05) is 6.54 Å². The molecule has 6 nitrogen and oxygen atoms in total. The largest absolute Gasteiger partial charge is 0.338 e. The molecule has 1 aliphatic heterocycles. The zero-order chi connectivity index (χ0) is 26.8. The number of hydrogen-bond acceptors (Lipinski definition) is 3. The lowest BCUT2D eigenvalue weighted by Gasteiger charge is -2.34. The number of rotatable bonds is 12. The van der Waals surface area contributed by atoms with E-state index < -0.39 is 0 Å². The molecule has 3 aliphatic rings. The van der Waals surface area contributed by atoms with Crippen molar-refractivity contribution in [1.29, 1.82) is 5.41 Å². The molecule has 1 aromatic carbocycles. The summed E-state index contributed by atoms with van der Waals surface area (Å²) in [5, 5.41) is 14.6. The van der Waals surface area contributed by atoms with Crippen LogP contribution < -0.4 is 10.6 Å². The Morgan fingerprint density at radius 1 is 0.947 bits per heavy atom. The van der Waals surface area contributed by atoms with Crippen molar-refractivity contribution in [2.24, 2.45) is 17.3 Å². The second-order valence-electron chi connectivity index (χ2n) is 12.3. The molecule has 1 saturated heterocycles. The summed E-state index contributed by atoms with van der Waals surface area (Å²) in [5.41, 5.74) is 1.70. The smallest absolute Gasteiger partial charge is 0.315 e. The van der Waals surface area contributed by atoms with Gasteiger partial charge in [-0.15, -0.1) is 0 Å². The number of amidine groups is 1. The van der Waals surface area contributed by atoms with Crippen LogP contribution in [0, 0.1) is 22.7 Å². The summed E-state index contributed by atoms with van der Waals surface area (Å²) in [6, 6.07) is 7.97. The molecule has 2 saturated carbocycles. The van der Waals surface area contributed by atoms with E-state index in [1.807, 2.05) is 24.3 Å². The van der Waals surface area contributed by atoms with Gasteiger partial charge >= 0.3 is 6.03 Å². The average Bonchev–Trinajstić information content (AvgIpc) is 3.17. The first-order valence-corrected chi connectivity index (χ1v) is 15.5. The van der Waals surface area contributed by atoms with Gasteiger partial charge in [-0.3, -0.25) is 15.1 Å². The van der Waals surface area contributed by atoms with Gasteiger partial charge in [-0.2, -0.15) is 0 Å². The molecular formula is C32H50N4O2. The number of likely N-dealkylation sites (tertiary alicyclic amines) is 1. The van der Waals surface area contributed by atoms with Crippen molar-refractivity contribution in [3.05, 3.63) is 35.4 Å². The summed E-state index contributed by atoms with van der Waals surface area (Å²) in [7, 11) is 0. The zero-order valence-electron chi connectivity index (χ0n) is 23.7. The Hall–Kier alpha value is -2.37. The molecular weight excluding hydrogens is 472 g/mol. The standard InChI is InChI=1S/C32H50N4O2/c1-2-3-20-34-31(38)35-23-27-14-16-28(17-15-27)24-36-29(33)22-32(30(36)37,21-26-12-8-5-9-13-26)19-18-25-10-6-4-7-11-25/h14-17,25-26,33H,2-13,18-24H2,1H3,(H2,34,35,38). The van der Waals surface area contributed by atoms with Crippen molar-refractivity contribution in [3.63, 3.8) is 0 Å². The first-order chi connectivity index (χ1) is 18.5. The molecule has 3 fully saturated rings. The zero-order valence-corrected chi connectivity index (χ0v) is 23.7. The second kappa shape index (κ2) is 14.1. The molecule has 6 heteroatoms. The van der Waals surface area contributed by atoms with Crippen LogP contribution in [-0.2, 0) is 17.9 Å². The van der Waals surface area contributed by atoms with Crippen LogP contribution >= 0.6 is 0 Å². The number of amides is 3. The van der Waals surface area contributed by atoms with E-state index in [2.05, 4.69) is 17.6 Å². The lowest BCUT2D eigenvalue weighted by molar-refractivity contribution is -0.137. The second-order valence-corrected chi connectivity index (χ2v) is 12.3. The van der Waals surface area contributed by atoms with Gasteiger partial charge in [0, 0.05) is 19.5 Å². The van der Waals surface area contributed by atoms with Gasteiger partial charge in [0.2, 0.25) is 5.91 Å². The minimum atomic E-state index is -0.370. The maximum atomic E-state index is 14.1. The molecule has 38 heavy (non-hydrogen) atoms. The highest BCUT2D eigenvalue weighted by Gasteiger charge is 2.50. The average molecular weight is 523 g/mol. The molecule has 1 heterocycles. The van der Waals surface area contributed by atoms with Crippen LogP contribution in [0.15, 0.2) is 24.3 Å². The summed E-state index contributed by atoms with van der Waals surface area (Å²) < 4.78 is 0. The molecule has 1 aromatic rings. The monoisotopic (exact) mass is 522 g/mol. The molecule has 0 radical (unpaired) electrons. The number of urea groups is 1. The molecule has 2 aliphatic carbocycles. The summed E-state index contributed by atoms with van der Waals surface area (Å²) >= 11 is 0. The van der Waals surface area contributed by atoms with E-state index in [-0.39, 0.29) is 17.4 Å². The van der Waals surface area contributed by atoms with Crippen LogP contribution in [0.2, 0.25) is 0 Å². The Morgan fingerprint density at radius 3 is 2.24 bits per heavy atom. The van der Waals surface area contributed by atoms with Crippen molar-refractivity contribution in [2.45, 2.75) is 123 Å². The van der Waals surface area contributed by atoms with Gasteiger partial charge < -0.3 is 10.6 Å². The third kappa shape index (κ3) is 7.83. The Balaban J connectivity index is 1.37. The lowest BCUT2D eigenvalue weighted by Crippen LogP contribution is -2.37. The molecule has 0 spiro atoms. The van der Waals surface area contributed by atoms with Crippen molar-refractivity contribution >= 4 is 17.8 Å². The normalized spacial score (nSPS) is 23.1. The van der Waals surface area contributed by atoms with E-state index in [1.165, 1.54) is 64.2 Å². The molecule has 3 N–H and O–H groups in total. The molecule has 0 aromatic heterocycles. The van der Waals surface area contributed by atoms with Crippen molar-refractivity contribution in [3.8, 4) is 0 Å². The van der Waals surface area contributed by atoms with Crippen LogP contribution in [0.4, 0.5) is 4.79 Å². The Bertz CT molecular complexity index is 918. The number of hydrogen-bond donors (Lipinski definition) is 3. The van der Waals surface area contributed by atoms with Gasteiger partial charge in [-0.1, -0.05) is 102 Å². The number of carbonyl (C=O) groups excluding carboxylic acids is 2. The Labute approximate surface area is 230 Å². The Morgan fingerprint density at radius 2 is 1.58 bits per heavy atom. The molecule has 3 amide bonds. The molecule has 4 rings (SSSR count). The fourth-order valence-corrected chi connectivity index (χ4v) is 6.99. The molecule has 210 valence electrons. The van der Waals surface area contributed by atoms with E-state index in [0.29, 0.717) is 37.8 Å². The predicted molar refractivity (Wildman–Crippen MR) is 154 cm³/mol. The molecule has 0 bridgehead atoms. The SMILES string of the molecule is CCCCNC(=O)NCc1ccc(CN2C(=N)CC(CCC3CCCCC3)(CC3CCCCC3)C2=O)cc1. The quantitative estimate of drug-likeness (QED) is 0.251.